The third-order valence-electron chi connectivity index (χ3n) is 6.14. The molecule has 5 rings (SSSR count). The molecule has 0 amide bonds. The van der Waals surface area contributed by atoms with Crippen molar-refractivity contribution in [2.75, 3.05) is 12.9 Å². The van der Waals surface area contributed by atoms with Crippen LogP contribution >= 0.6 is 23.1 Å². The van der Waals surface area contributed by atoms with Gasteiger partial charge in [-0.2, -0.15) is 0 Å². The fraction of sp³-hybridized carbons (Fsp3) is 0.222. The zero-order valence-electron chi connectivity index (χ0n) is 19.4. The molecule has 3 heterocycles. The Morgan fingerprint density at radius 3 is 2.68 bits per heavy atom. The second kappa shape index (κ2) is 9.60. The first kappa shape index (κ1) is 22.6. The van der Waals surface area contributed by atoms with Crippen molar-refractivity contribution in [3.8, 4) is 5.75 Å². The van der Waals surface area contributed by atoms with Gasteiger partial charge in [0.1, 0.15) is 21.9 Å². The van der Waals surface area contributed by atoms with Crippen LogP contribution in [0.5, 0.6) is 5.75 Å². The van der Waals surface area contributed by atoms with Gasteiger partial charge in [0, 0.05) is 33.6 Å². The van der Waals surface area contributed by atoms with E-state index in [0.29, 0.717) is 5.75 Å². The van der Waals surface area contributed by atoms with Crippen molar-refractivity contribution < 1.29 is 9.53 Å². The molecule has 0 atom stereocenters. The summed E-state index contributed by atoms with van der Waals surface area (Å²) in [6.45, 7) is 4.93. The van der Waals surface area contributed by atoms with Crippen LogP contribution in [0.25, 0.3) is 20.3 Å². The molecule has 0 radical (unpaired) electrons. The Kier molecular flexibility index (Phi) is 6.39. The molecule has 5 nitrogen and oxygen atoms in total. The van der Waals surface area contributed by atoms with Gasteiger partial charge in [0.25, 0.3) is 0 Å². The number of carbonyl (C=O) groups is 1. The first-order chi connectivity index (χ1) is 16.5. The second-order valence-electron chi connectivity index (χ2n) is 8.20. The molecule has 0 saturated carbocycles. The molecule has 3 aromatic heterocycles. The fourth-order valence-corrected chi connectivity index (χ4v) is 6.31. The average molecular weight is 488 g/mol. The van der Waals surface area contributed by atoms with E-state index in [1.165, 1.54) is 22.0 Å². The summed E-state index contributed by atoms with van der Waals surface area (Å²) in [6.07, 6.45) is 2.49. The van der Waals surface area contributed by atoms with Crippen LogP contribution in [0.3, 0.4) is 0 Å². The SMILES string of the molecule is COc1ccc(CCn2c(C)cc(C(=O)CSc3ncnc4sc5ccccc5c34)c2C)cc1. The Labute approximate surface area is 206 Å². The smallest absolute Gasteiger partial charge is 0.174 e. The van der Waals surface area contributed by atoms with Crippen LogP contribution in [-0.2, 0) is 13.0 Å². The van der Waals surface area contributed by atoms with Gasteiger partial charge < -0.3 is 9.30 Å². The third kappa shape index (κ3) is 4.33. The predicted octanol–water partition coefficient (Wildman–Crippen LogP) is 6.49. The van der Waals surface area contributed by atoms with Crippen LogP contribution < -0.4 is 4.74 Å². The molecule has 0 N–H and O–H groups in total. The molecular weight excluding hydrogens is 462 g/mol. The number of methoxy groups -OCH3 is 1. The number of Topliss-reactive ketones (excluding diaryl/α,β-unsaturated/α-hetero) is 1. The van der Waals surface area contributed by atoms with Crippen LogP contribution in [0, 0.1) is 13.8 Å². The Morgan fingerprint density at radius 2 is 1.88 bits per heavy atom. The lowest BCUT2D eigenvalue weighted by molar-refractivity contribution is 0.102. The number of fused-ring (bicyclic) bond motifs is 3. The molecule has 0 saturated heterocycles. The number of thiophene rings is 1. The number of ketones is 1. The van der Waals surface area contributed by atoms with E-state index in [1.54, 1.807) is 24.8 Å². The third-order valence-corrected chi connectivity index (χ3v) is 8.21. The Morgan fingerprint density at radius 1 is 1.09 bits per heavy atom. The second-order valence-corrected chi connectivity index (χ2v) is 10.2. The van der Waals surface area contributed by atoms with Gasteiger partial charge in [0.2, 0.25) is 0 Å². The van der Waals surface area contributed by atoms with Crippen molar-refractivity contribution in [2.45, 2.75) is 31.8 Å². The van der Waals surface area contributed by atoms with Gasteiger partial charge in [0.05, 0.1) is 18.2 Å². The van der Waals surface area contributed by atoms with E-state index in [9.17, 15) is 4.79 Å². The summed E-state index contributed by atoms with van der Waals surface area (Å²) >= 11 is 3.15. The first-order valence-corrected chi connectivity index (χ1v) is 12.9. The molecule has 0 unspecified atom stereocenters. The minimum atomic E-state index is 0.125. The maximum Gasteiger partial charge on any atom is 0.174 e. The number of ether oxygens (including phenoxy) is 1. The van der Waals surface area contributed by atoms with Gasteiger partial charge in [0.15, 0.2) is 5.78 Å². The molecule has 0 aliphatic carbocycles. The summed E-state index contributed by atoms with van der Waals surface area (Å²) in [6, 6.07) is 18.4. The Balaban J connectivity index is 1.32. The summed E-state index contributed by atoms with van der Waals surface area (Å²) in [7, 11) is 1.67. The summed E-state index contributed by atoms with van der Waals surface area (Å²) in [5.74, 6) is 1.33. The summed E-state index contributed by atoms with van der Waals surface area (Å²) in [5.41, 5.74) is 4.16. The molecule has 5 aromatic rings. The Bertz CT molecular complexity index is 1490. The van der Waals surface area contributed by atoms with Crippen molar-refractivity contribution in [1.29, 1.82) is 0 Å². The van der Waals surface area contributed by atoms with Gasteiger partial charge in [-0.25, -0.2) is 9.97 Å². The van der Waals surface area contributed by atoms with E-state index >= 15 is 0 Å². The van der Waals surface area contributed by atoms with Gasteiger partial charge in [-0.05, 0) is 50.1 Å². The number of rotatable bonds is 8. The molecule has 0 bridgehead atoms. The largest absolute Gasteiger partial charge is 0.497 e. The van der Waals surface area contributed by atoms with Crippen molar-refractivity contribution in [3.63, 3.8) is 0 Å². The number of thioether (sulfide) groups is 1. The first-order valence-electron chi connectivity index (χ1n) is 11.1. The standard InChI is InChI=1S/C27H25N3O2S2/c1-17-14-22(18(2)30(17)13-12-19-8-10-20(32-3)11-9-19)23(31)15-33-26-25-21-6-4-5-7-24(21)34-27(25)29-16-28-26/h4-11,14,16H,12-13,15H2,1-3H3. The number of benzene rings is 2. The molecule has 0 aliphatic heterocycles. The lowest BCUT2D eigenvalue weighted by Gasteiger charge is -2.10. The number of aromatic nitrogens is 3. The number of aryl methyl sites for hydroxylation is 2. The lowest BCUT2D eigenvalue weighted by Crippen LogP contribution is -2.08. The number of carbonyl (C=O) groups excluding carboxylic acids is 1. The molecule has 0 aliphatic rings. The topological polar surface area (TPSA) is 57.0 Å². The molecule has 0 fully saturated rings. The van der Waals surface area contributed by atoms with Gasteiger partial charge in [-0.15, -0.1) is 11.3 Å². The molecular formula is C27H25N3O2S2. The Hall–Kier alpha value is -3.16. The van der Waals surface area contributed by atoms with Crippen LogP contribution in [0.4, 0.5) is 0 Å². The summed E-state index contributed by atoms with van der Waals surface area (Å²) in [4.78, 5) is 23.1. The van der Waals surface area contributed by atoms with Crippen molar-refractivity contribution >= 4 is 49.2 Å². The summed E-state index contributed by atoms with van der Waals surface area (Å²) < 4.78 is 8.66. The highest BCUT2D eigenvalue weighted by Crippen LogP contribution is 2.37. The van der Waals surface area contributed by atoms with Gasteiger partial charge in [-0.1, -0.05) is 42.1 Å². The van der Waals surface area contributed by atoms with E-state index in [2.05, 4.69) is 45.7 Å². The quantitative estimate of drug-likeness (QED) is 0.142. The minimum Gasteiger partial charge on any atom is -0.497 e. The zero-order valence-corrected chi connectivity index (χ0v) is 21.0. The van der Waals surface area contributed by atoms with Crippen LogP contribution in [-0.4, -0.2) is 33.2 Å². The monoisotopic (exact) mass is 487 g/mol. The van der Waals surface area contributed by atoms with E-state index in [1.807, 2.05) is 37.3 Å². The average Bonchev–Trinajstić information content (AvgIpc) is 3.38. The zero-order chi connectivity index (χ0) is 23.7. The number of nitrogens with zero attached hydrogens (tertiary/aromatic N) is 3. The van der Waals surface area contributed by atoms with E-state index < -0.39 is 0 Å². The fourth-order valence-electron chi connectivity index (χ4n) is 4.31. The highest BCUT2D eigenvalue weighted by molar-refractivity contribution is 8.00. The maximum absolute atomic E-state index is 13.2. The number of hydrogen-bond donors (Lipinski definition) is 0. The molecule has 172 valence electrons. The summed E-state index contributed by atoms with van der Waals surface area (Å²) in [5, 5.41) is 3.06. The van der Waals surface area contributed by atoms with Crippen molar-refractivity contribution in [1.82, 2.24) is 14.5 Å². The lowest BCUT2D eigenvalue weighted by atomic mass is 10.1. The molecule has 0 spiro atoms. The predicted molar refractivity (Wildman–Crippen MR) is 141 cm³/mol. The van der Waals surface area contributed by atoms with Crippen LogP contribution in [0.15, 0.2) is 66.0 Å². The highest BCUT2D eigenvalue weighted by atomic mass is 32.2. The molecule has 2 aromatic carbocycles. The normalized spacial score (nSPS) is 11.4. The molecule has 7 heteroatoms. The van der Waals surface area contributed by atoms with Gasteiger partial charge in [-0.3, -0.25) is 4.79 Å². The van der Waals surface area contributed by atoms with Gasteiger partial charge >= 0.3 is 0 Å². The maximum atomic E-state index is 13.2. The van der Waals surface area contributed by atoms with E-state index in [4.69, 9.17) is 4.74 Å². The van der Waals surface area contributed by atoms with Crippen molar-refractivity contribution in [3.05, 3.63) is 83.4 Å². The van der Waals surface area contributed by atoms with Crippen LogP contribution in [0.1, 0.15) is 27.3 Å². The van der Waals surface area contributed by atoms with Crippen LogP contribution in [0.2, 0.25) is 0 Å². The van der Waals surface area contributed by atoms with E-state index in [-0.39, 0.29) is 5.78 Å². The molecule has 34 heavy (non-hydrogen) atoms. The number of hydrogen-bond acceptors (Lipinski definition) is 6. The highest BCUT2D eigenvalue weighted by Gasteiger charge is 2.18. The van der Waals surface area contributed by atoms with E-state index in [0.717, 1.165) is 56.3 Å². The minimum absolute atomic E-state index is 0.125. The van der Waals surface area contributed by atoms with Crippen molar-refractivity contribution in [2.24, 2.45) is 0 Å².